The number of carboxylic acids is 4. The summed E-state index contributed by atoms with van der Waals surface area (Å²) < 4.78 is 0. The molecule has 1 radical (unpaired) electrons. The molecular weight excluding hydrogens is 215 g/mol. The number of aliphatic carboxylic acids is 4. The minimum absolute atomic E-state index is 0. The van der Waals surface area contributed by atoms with E-state index in [0.29, 0.717) is 0 Å². The molecule has 0 bridgehead atoms. The summed E-state index contributed by atoms with van der Waals surface area (Å²) >= 11 is 0. The van der Waals surface area contributed by atoms with E-state index in [1.54, 1.807) is 0 Å². The first-order valence-corrected chi connectivity index (χ1v) is 2.21. The second kappa shape index (κ2) is 9.60. The zero-order valence-corrected chi connectivity index (χ0v) is 9.54. The van der Waals surface area contributed by atoms with Crippen LogP contribution < -0.4 is 0 Å². The molecule has 0 atom stereocenters. The van der Waals surface area contributed by atoms with E-state index in [-0.39, 0.29) is 51.4 Å². The molecule has 0 spiro atoms. The van der Waals surface area contributed by atoms with Gasteiger partial charge in [0.15, 0.2) is 0 Å². The largest absolute Gasteiger partial charge is 0.473 e. The monoisotopic (exact) mass is 219 g/mol. The van der Waals surface area contributed by atoms with Crippen molar-refractivity contribution in [1.82, 2.24) is 0 Å². The number of rotatable bonds is 0. The second-order valence-corrected chi connectivity index (χ2v) is 1.22. The molecule has 0 heterocycles. The van der Waals surface area contributed by atoms with Crippen LogP contribution in [0.2, 0.25) is 0 Å². The summed E-state index contributed by atoms with van der Waals surface area (Å²) in [7, 11) is 0. The molecule has 4 N–H and O–H groups in total. The Balaban J connectivity index is -0.000000143. The van der Waals surface area contributed by atoms with Crippen molar-refractivity contribution < 1.29 is 39.6 Å². The van der Waals surface area contributed by atoms with Crippen LogP contribution >= 0.6 is 0 Å². The van der Waals surface area contributed by atoms with Crippen LogP contribution in [0, 0.1) is 0 Å². The van der Waals surface area contributed by atoms with Gasteiger partial charge in [0.1, 0.15) is 0 Å². The molecule has 0 aromatic heterocycles. The van der Waals surface area contributed by atoms with Crippen molar-refractivity contribution in [3.05, 3.63) is 0 Å². The first kappa shape index (κ1) is 18.3. The number of carbonyl (C=O) groups is 4. The third kappa shape index (κ3) is 18.5. The van der Waals surface area contributed by atoms with Gasteiger partial charge in [-0.25, -0.2) is 19.2 Å². The van der Waals surface area contributed by atoms with Gasteiger partial charge in [-0.05, 0) is 0 Å². The molecule has 0 amide bonds. The van der Waals surface area contributed by atoms with Crippen LogP contribution in [0.15, 0.2) is 0 Å². The maximum atomic E-state index is 9.10. The molecular formula is C4H4KO8. The molecule has 9 heteroatoms. The third-order valence-electron chi connectivity index (χ3n) is 0.366. The van der Waals surface area contributed by atoms with Gasteiger partial charge in [-0.3, -0.25) is 0 Å². The van der Waals surface area contributed by atoms with Gasteiger partial charge >= 0.3 is 23.9 Å². The van der Waals surface area contributed by atoms with Crippen molar-refractivity contribution in [2.45, 2.75) is 0 Å². The third-order valence-corrected chi connectivity index (χ3v) is 0.366. The van der Waals surface area contributed by atoms with Crippen molar-refractivity contribution >= 4 is 75.3 Å². The van der Waals surface area contributed by atoms with Gasteiger partial charge in [0, 0.05) is 51.4 Å². The molecule has 0 aromatic carbocycles. The second-order valence-electron chi connectivity index (χ2n) is 1.22. The quantitative estimate of drug-likeness (QED) is 0.268. The Morgan fingerprint density at radius 1 is 0.538 bits per heavy atom. The summed E-state index contributed by atoms with van der Waals surface area (Å²) in [5.41, 5.74) is 0. The van der Waals surface area contributed by atoms with E-state index in [2.05, 4.69) is 0 Å². The molecule has 69 valence electrons. The molecule has 0 saturated carbocycles. The van der Waals surface area contributed by atoms with E-state index in [0.717, 1.165) is 0 Å². The van der Waals surface area contributed by atoms with E-state index >= 15 is 0 Å². The average Bonchev–Trinajstić information content (AvgIpc) is 1.88. The summed E-state index contributed by atoms with van der Waals surface area (Å²) in [6.45, 7) is 0. The van der Waals surface area contributed by atoms with Gasteiger partial charge in [-0.15, -0.1) is 0 Å². The van der Waals surface area contributed by atoms with Crippen LogP contribution in [0.5, 0.6) is 0 Å². The molecule has 0 unspecified atom stereocenters. The molecule has 8 nitrogen and oxygen atoms in total. The molecule has 0 aliphatic carbocycles. The minimum Gasteiger partial charge on any atom is -0.473 e. The van der Waals surface area contributed by atoms with Crippen molar-refractivity contribution in [1.29, 1.82) is 0 Å². The SMILES string of the molecule is O=C(O)C(=O)O.O=C(O)C(=O)O.[K]. The minimum atomic E-state index is -1.82. The van der Waals surface area contributed by atoms with Crippen LogP contribution in [0.25, 0.3) is 0 Å². The molecule has 0 saturated heterocycles. The van der Waals surface area contributed by atoms with Crippen molar-refractivity contribution in [2.24, 2.45) is 0 Å². The summed E-state index contributed by atoms with van der Waals surface area (Å²) in [4.78, 5) is 36.4. The van der Waals surface area contributed by atoms with Crippen LogP contribution in [0.1, 0.15) is 0 Å². The standard InChI is InChI=1S/2C2H2O4.K/c2*3-1(4)2(5)6;/h2*(H,3,4)(H,5,6);. The zero-order valence-electron chi connectivity index (χ0n) is 6.42. The zero-order chi connectivity index (χ0) is 10.3. The average molecular weight is 219 g/mol. The fourth-order valence-electron chi connectivity index (χ4n) is 0. The van der Waals surface area contributed by atoms with E-state index in [1.807, 2.05) is 0 Å². The Kier molecular flexibility index (Phi) is 13.5. The summed E-state index contributed by atoms with van der Waals surface area (Å²) in [5.74, 6) is -7.30. The Labute approximate surface area is 114 Å². The Hall–Kier alpha value is -0.484. The maximum Gasteiger partial charge on any atom is 0.414 e. The molecule has 0 aromatic rings. The van der Waals surface area contributed by atoms with Gasteiger partial charge in [0.25, 0.3) is 0 Å². The summed E-state index contributed by atoms with van der Waals surface area (Å²) in [6, 6.07) is 0. The van der Waals surface area contributed by atoms with Gasteiger partial charge < -0.3 is 20.4 Å². The maximum absolute atomic E-state index is 9.10. The predicted molar refractivity (Wildman–Crippen MR) is 36.3 cm³/mol. The van der Waals surface area contributed by atoms with E-state index < -0.39 is 23.9 Å². The Morgan fingerprint density at radius 3 is 0.615 bits per heavy atom. The van der Waals surface area contributed by atoms with E-state index in [1.165, 1.54) is 0 Å². The van der Waals surface area contributed by atoms with Crippen molar-refractivity contribution in [3.8, 4) is 0 Å². The normalized spacial score (nSPS) is 6.77. The van der Waals surface area contributed by atoms with Crippen LogP contribution in [-0.4, -0.2) is 95.7 Å². The van der Waals surface area contributed by atoms with E-state index in [4.69, 9.17) is 39.6 Å². The van der Waals surface area contributed by atoms with Crippen LogP contribution in [0.4, 0.5) is 0 Å². The number of hydrogen-bond donors (Lipinski definition) is 4. The summed E-state index contributed by atoms with van der Waals surface area (Å²) in [6.07, 6.45) is 0. The van der Waals surface area contributed by atoms with E-state index in [9.17, 15) is 0 Å². The number of carboxylic acid groups (broad SMARTS) is 4. The van der Waals surface area contributed by atoms with Crippen LogP contribution in [0.3, 0.4) is 0 Å². The van der Waals surface area contributed by atoms with Gasteiger partial charge in [-0.2, -0.15) is 0 Å². The molecule has 0 aliphatic rings. The molecule has 0 aliphatic heterocycles. The Bertz CT molecular complexity index is 172. The van der Waals surface area contributed by atoms with Crippen molar-refractivity contribution in [3.63, 3.8) is 0 Å². The first-order chi connectivity index (χ1) is 5.29. The predicted octanol–water partition coefficient (Wildman–Crippen LogP) is -2.07. The van der Waals surface area contributed by atoms with Crippen molar-refractivity contribution in [2.75, 3.05) is 0 Å². The first-order valence-electron chi connectivity index (χ1n) is 2.21. The molecule has 0 fully saturated rings. The van der Waals surface area contributed by atoms with Gasteiger partial charge in [0.2, 0.25) is 0 Å². The van der Waals surface area contributed by atoms with Gasteiger partial charge in [-0.1, -0.05) is 0 Å². The van der Waals surface area contributed by atoms with Gasteiger partial charge in [0.05, 0.1) is 0 Å². The fraction of sp³-hybridized carbons (Fsp3) is 0. The fourth-order valence-corrected chi connectivity index (χ4v) is 0. The Morgan fingerprint density at radius 2 is 0.615 bits per heavy atom. The topological polar surface area (TPSA) is 149 Å². The van der Waals surface area contributed by atoms with Crippen LogP contribution in [-0.2, 0) is 19.2 Å². The molecule has 0 rings (SSSR count). The smallest absolute Gasteiger partial charge is 0.414 e. The molecule has 13 heavy (non-hydrogen) atoms. The summed E-state index contributed by atoms with van der Waals surface area (Å²) in [5, 5.41) is 29.6. The number of hydrogen-bond acceptors (Lipinski definition) is 4.